The van der Waals surface area contributed by atoms with E-state index < -0.39 is 0 Å². The van der Waals surface area contributed by atoms with Crippen molar-refractivity contribution in [2.75, 3.05) is 13.1 Å². The molecule has 2 aliphatic heterocycles. The van der Waals surface area contributed by atoms with E-state index in [-0.39, 0.29) is 37.1 Å². The smallest absolute Gasteiger partial charge is 0.296 e. The van der Waals surface area contributed by atoms with Crippen LogP contribution in [0, 0.1) is 24.2 Å². The van der Waals surface area contributed by atoms with Gasteiger partial charge in [-0.3, -0.25) is 19.9 Å². The molecule has 0 aliphatic carbocycles. The molecule has 6 heteroatoms. The van der Waals surface area contributed by atoms with Crippen LogP contribution in [0.4, 0.5) is 4.79 Å². The Labute approximate surface area is 135 Å². The van der Waals surface area contributed by atoms with Crippen molar-refractivity contribution in [3.63, 3.8) is 0 Å². The second-order valence-electron chi connectivity index (χ2n) is 6.13. The molecule has 0 aromatic heterocycles. The number of amides is 3. The lowest BCUT2D eigenvalue weighted by atomic mass is 9.91. The van der Waals surface area contributed by atoms with Crippen LogP contribution in [0.3, 0.4) is 0 Å². The van der Waals surface area contributed by atoms with Gasteiger partial charge in [-0.2, -0.15) is 5.26 Å². The minimum absolute atomic E-state index is 0.00925. The maximum atomic E-state index is 12.7. The van der Waals surface area contributed by atoms with Gasteiger partial charge in [-0.15, -0.1) is 0 Å². The molecule has 2 atom stereocenters. The highest BCUT2D eigenvalue weighted by atomic mass is 16.2. The van der Waals surface area contributed by atoms with Gasteiger partial charge >= 0.3 is 6.03 Å². The number of carbonyl (C=O) groups is 2. The molecule has 1 aromatic carbocycles. The average molecular weight is 312 g/mol. The van der Waals surface area contributed by atoms with Crippen LogP contribution in [0.2, 0.25) is 0 Å². The average Bonchev–Trinajstić information content (AvgIpc) is 2.57. The Balaban J connectivity index is 1.86. The fourth-order valence-electron chi connectivity index (χ4n) is 3.29. The van der Waals surface area contributed by atoms with Gasteiger partial charge in [-0.05, 0) is 31.9 Å². The van der Waals surface area contributed by atoms with Crippen LogP contribution in [-0.2, 0) is 11.3 Å². The number of fused-ring (bicyclic) bond motifs is 1. The lowest BCUT2D eigenvalue weighted by molar-refractivity contribution is -0.141. The predicted octanol–water partition coefficient (Wildman–Crippen LogP) is 1.61. The number of benzene rings is 1. The Morgan fingerprint density at radius 1 is 1.30 bits per heavy atom. The number of imide groups is 1. The summed E-state index contributed by atoms with van der Waals surface area (Å²) >= 11 is 0. The molecule has 120 valence electrons. The van der Waals surface area contributed by atoms with Crippen molar-refractivity contribution in [3.8, 4) is 6.07 Å². The molecular formula is C17H20N4O2. The number of nitriles is 1. The number of nitrogens with one attached hydrogen (secondary N) is 1. The normalized spacial score (nSPS) is 24.3. The summed E-state index contributed by atoms with van der Waals surface area (Å²) in [7, 11) is 0. The maximum Gasteiger partial charge on any atom is 0.329 e. The van der Waals surface area contributed by atoms with E-state index in [1.165, 1.54) is 9.80 Å². The van der Waals surface area contributed by atoms with Gasteiger partial charge in [0.05, 0.1) is 24.7 Å². The summed E-state index contributed by atoms with van der Waals surface area (Å²) in [4.78, 5) is 28.2. The van der Waals surface area contributed by atoms with E-state index in [0.717, 1.165) is 30.5 Å². The van der Waals surface area contributed by atoms with Crippen molar-refractivity contribution in [1.29, 1.82) is 5.26 Å². The van der Waals surface area contributed by atoms with Gasteiger partial charge in [0.15, 0.2) is 0 Å². The van der Waals surface area contributed by atoms with E-state index in [4.69, 9.17) is 5.26 Å². The molecule has 3 amide bonds. The number of rotatable bonds is 3. The van der Waals surface area contributed by atoms with Crippen molar-refractivity contribution in [3.05, 3.63) is 35.4 Å². The number of aryl methyl sites for hydroxylation is 1. The fraction of sp³-hybridized carbons (Fsp3) is 0.471. The first-order chi connectivity index (χ1) is 11.1. The Morgan fingerprint density at radius 2 is 2.04 bits per heavy atom. The van der Waals surface area contributed by atoms with E-state index in [1.807, 2.05) is 37.3 Å². The summed E-state index contributed by atoms with van der Waals surface area (Å²) in [6.45, 7) is 3.00. The van der Waals surface area contributed by atoms with Gasteiger partial charge in [0.1, 0.15) is 6.54 Å². The molecule has 3 rings (SSSR count). The third-order valence-electron chi connectivity index (χ3n) is 4.52. The Hall–Kier alpha value is -2.39. The van der Waals surface area contributed by atoms with Gasteiger partial charge in [0.25, 0.3) is 0 Å². The lowest BCUT2D eigenvalue weighted by Crippen LogP contribution is -2.67. The summed E-state index contributed by atoms with van der Waals surface area (Å²) in [5.74, 6) is -0.401. The summed E-state index contributed by atoms with van der Waals surface area (Å²) in [6.07, 6.45) is 1.30. The number of carbonyl (C=O) groups excluding carboxylic acids is 2. The molecule has 2 saturated heterocycles. The van der Waals surface area contributed by atoms with E-state index in [9.17, 15) is 9.59 Å². The molecule has 6 nitrogen and oxygen atoms in total. The van der Waals surface area contributed by atoms with Crippen LogP contribution in [0.1, 0.15) is 24.0 Å². The number of piperidine rings is 1. The Morgan fingerprint density at radius 3 is 2.74 bits per heavy atom. The number of hydrogen-bond acceptors (Lipinski definition) is 4. The summed E-state index contributed by atoms with van der Waals surface area (Å²) < 4.78 is 0. The Kier molecular flexibility index (Phi) is 4.30. The Bertz CT molecular complexity index is 650. The van der Waals surface area contributed by atoms with Crippen LogP contribution >= 0.6 is 0 Å². The molecule has 2 fully saturated rings. The quantitative estimate of drug-likeness (QED) is 0.860. The van der Waals surface area contributed by atoms with Gasteiger partial charge < -0.3 is 0 Å². The molecule has 2 heterocycles. The molecule has 23 heavy (non-hydrogen) atoms. The highest BCUT2D eigenvalue weighted by Crippen LogP contribution is 2.28. The minimum Gasteiger partial charge on any atom is -0.296 e. The fourth-order valence-corrected chi connectivity index (χ4v) is 3.29. The number of hydrogen-bond donors (Lipinski definition) is 1. The molecule has 0 saturated carbocycles. The first kappa shape index (κ1) is 15.5. The standard InChI is InChI=1S/C17H20N4O2/c1-12-4-6-13(7-5-12)11-21-16(22)14-3-2-9-19-15(14)20(10-8-18)17(21)23/h4-7,14-15,19H,2-3,9-11H2,1H3. The van der Waals surface area contributed by atoms with Crippen LogP contribution in [0.15, 0.2) is 24.3 Å². The van der Waals surface area contributed by atoms with E-state index in [1.54, 1.807) is 0 Å². The minimum atomic E-state index is -0.382. The molecule has 1 aromatic rings. The largest absolute Gasteiger partial charge is 0.329 e. The van der Waals surface area contributed by atoms with E-state index in [0.29, 0.717) is 0 Å². The molecule has 2 aliphatic rings. The van der Waals surface area contributed by atoms with Gasteiger partial charge in [0, 0.05) is 0 Å². The zero-order valence-electron chi connectivity index (χ0n) is 13.2. The van der Waals surface area contributed by atoms with Crippen LogP contribution in [-0.4, -0.2) is 41.0 Å². The predicted molar refractivity (Wildman–Crippen MR) is 84.0 cm³/mol. The molecule has 0 bridgehead atoms. The summed E-state index contributed by atoms with van der Waals surface area (Å²) in [5, 5.41) is 12.2. The topological polar surface area (TPSA) is 76.4 Å². The SMILES string of the molecule is Cc1ccc(CN2C(=O)C3CCCNC3N(CC#N)C2=O)cc1. The van der Waals surface area contributed by atoms with Crippen molar-refractivity contribution in [2.45, 2.75) is 32.5 Å². The van der Waals surface area contributed by atoms with E-state index >= 15 is 0 Å². The van der Waals surface area contributed by atoms with Gasteiger partial charge in [-0.25, -0.2) is 4.79 Å². The second kappa shape index (κ2) is 6.39. The monoisotopic (exact) mass is 312 g/mol. The van der Waals surface area contributed by atoms with Crippen LogP contribution in [0.5, 0.6) is 0 Å². The first-order valence-corrected chi connectivity index (χ1v) is 7.89. The zero-order valence-corrected chi connectivity index (χ0v) is 13.2. The van der Waals surface area contributed by atoms with Crippen molar-refractivity contribution in [2.24, 2.45) is 5.92 Å². The lowest BCUT2D eigenvalue weighted by Gasteiger charge is -2.46. The highest BCUT2D eigenvalue weighted by Gasteiger charge is 2.46. The molecular weight excluding hydrogens is 292 g/mol. The van der Waals surface area contributed by atoms with E-state index in [2.05, 4.69) is 5.32 Å². The molecule has 0 radical (unpaired) electrons. The van der Waals surface area contributed by atoms with Crippen molar-refractivity contribution < 1.29 is 9.59 Å². The molecule has 2 unspecified atom stereocenters. The number of nitrogens with zero attached hydrogens (tertiary/aromatic N) is 3. The number of urea groups is 1. The highest BCUT2D eigenvalue weighted by molar-refractivity contribution is 5.98. The van der Waals surface area contributed by atoms with Gasteiger partial charge in [-0.1, -0.05) is 29.8 Å². The second-order valence-corrected chi connectivity index (χ2v) is 6.13. The third-order valence-corrected chi connectivity index (χ3v) is 4.52. The van der Waals surface area contributed by atoms with Crippen molar-refractivity contribution in [1.82, 2.24) is 15.1 Å². The molecule has 1 N–H and O–H groups in total. The van der Waals surface area contributed by atoms with Gasteiger partial charge in [0.2, 0.25) is 5.91 Å². The first-order valence-electron chi connectivity index (χ1n) is 7.89. The summed E-state index contributed by atoms with van der Waals surface area (Å²) in [6, 6.07) is 9.43. The zero-order chi connectivity index (χ0) is 16.4. The molecule has 0 spiro atoms. The maximum absolute atomic E-state index is 12.7. The summed E-state index contributed by atoms with van der Waals surface area (Å²) in [5.41, 5.74) is 2.05. The third kappa shape index (κ3) is 2.92. The van der Waals surface area contributed by atoms with Crippen LogP contribution < -0.4 is 5.32 Å². The van der Waals surface area contributed by atoms with Crippen molar-refractivity contribution >= 4 is 11.9 Å². The van der Waals surface area contributed by atoms with Crippen LogP contribution in [0.25, 0.3) is 0 Å².